The predicted octanol–water partition coefficient (Wildman–Crippen LogP) is 3.21. The molecule has 1 aliphatic heterocycles. The summed E-state index contributed by atoms with van der Waals surface area (Å²) in [5.74, 6) is -0.596. The first kappa shape index (κ1) is 11.5. The maximum Gasteiger partial charge on any atom is 0.126 e. The minimum absolute atomic E-state index is 0.0614. The molecular weight excluding hydrogens is 208 g/mol. The fourth-order valence-corrected chi connectivity index (χ4v) is 2.40. The van der Waals surface area contributed by atoms with Gasteiger partial charge in [-0.2, -0.15) is 0 Å². The van der Waals surface area contributed by atoms with E-state index in [9.17, 15) is 8.78 Å². The Hall–Kier alpha value is -0.960. The Labute approximate surface area is 94.9 Å². The quantitative estimate of drug-likeness (QED) is 0.833. The van der Waals surface area contributed by atoms with Crippen molar-refractivity contribution in [1.82, 2.24) is 5.32 Å². The topological polar surface area (TPSA) is 12.0 Å². The fourth-order valence-electron chi connectivity index (χ4n) is 2.40. The van der Waals surface area contributed by atoms with Gasteiger partial charge in [-0.25, -0.2) is 8.78 Å². The maximum atomic E-state index is 13.5. The van der Waals surface area contributed by atoms with E-state index in [1.807, 2.05) is 6.92 Å². The van der Waals surface area contributed by atoms with Crippen molar-refractivity contribution < 1.29 is 8.78 Å². The Balaban J connectivity index is 2.07. The monoisotopic (exact) mass is 225 g/mol. The normalized spacial score (nSPS) is 22.3. The minimum Gasteiger partial charge on any atom is -0.314 e. The highest BCUT2D eigenvalue weighted by Gasteiger charge is 2.20. The van der Waals surface area contributed by atoms with Gasteiger partial charge in [-0.3, -0.25) is 0 Å². The molecule has 1 aromatic rings. The molecule has 1 heterocycles. The van der Waals surface area contributed by atoms with Gasteiger partial charge in [0.1, 0.15) is 11.6 Å². The van der Waals surface area contributed by atoms with Crippen LogP contribution in [0.3, 0.4) is 0 Å². The molecule has 0 aliphatic carbocycles. The maximum absolute atomic E-state index is 13.5. The molecule has 88 valence electrons. The molecule has 16 heavy (non-hydrogen) atoms. The summed E-state index contributed by atoms with van der Waals surface area (Å²) in [6.45, 7) is 3.00. The van der Waals surface area contributed by atoms with Crippen LogP contribution >= 0.6 is 0 Å². The molecule has 3 heteroatoms. The third-order valence-electron chi connectivity index (χ3n) is 3.29. The van der Waals surface area contributed by atoms with Crippen LogP contribution in [-0.2, 0) is 0 Å². The zero-order valence-corrected chi connectivity index (χ0v) is 9.47. The SMILES string of the molecule is CC(CC1CCCN1)c1cc(F)ccc1F. The Morgan fingerprint density at radius 1 is 1.44 bits per heavy atom. The average Bonchev–Trinajstić information content (AvgIpc) is 2.74. The van der Waals surface area contributed by atoms with E-state index in [1.165, 1.54) is 24.6 Å². The molecule has 0 spiro atoms. The number of hydrogen-bond donors (Lipinski definition) is 1. The van der Waals surface area contributed by atoms with Crippen molar-refractivity contribution in [2.75, 3.05) is 6.54 Å². The number of benzene rings is 1. The largest absolute Gasteiger partial charge is 0.314 e. The zero-order chi connectivity index (χ0) is 11.5. The number of halogens is 2. The Morgan fingerprint density at radius 3 is 2.94 bits per heavy atom. The lowest BCUT2D eigenvalue weighted by Gasteiger charge is -2.17. The Bertz CT molecular complexity index is 359. The Kier molecular flexibility index (Phi) is 3.54. The van der Waals surface area contributed by atoms with Crippen LogP contribution in [0.5, 0.6) is 0 Å². The number of nitrogens with one attached hydrogen (secondary N) is 1. The molecule has 0 aromatic heterocycles. The third-order valence-corrected chi connectivity index (χ3v) is 3.29. The molecule has 0 bridgehead atoms. The molecule has 1 saturated heterocycles. The van der Waals surface area contributed by atoms with E-state index < -0.39 is 0 Å². The van der Waals surface area contributed by atoms with Crippen LogP contribution in [0.4, 0.5) is 8.78 Å². The van der Waals surface area contributed by atoms with Gasteiger partial charge in [0.25, 0.3) is 0 Å². The molecule has 1 aliphatic rings. The molecule has 1 aromatic carbocycles. The van der Waals surface area contributed by atoms with Gasteiger partial charge < -0.3 is 5.32 Å². The molecular formula is C13H17F2N. The van der Waals surface area contributed by atoms with Crippen molar-refractivity contribution in [3.05, 3.63) is 35.4 Å². The van der Waals surface area contributed by atoms with Crippen LogP contribution in [0.1, 0.15) is 37.7 Å². The van der Waals surface area contributed by atoms with Gasteiger partial charge in [0.05, 0.1) is 0 Å². The summed E-state index contributed by atoms with van der Waals surface area (Å²) in [6, 6.07) is 4.15. The van der Waals surface area contributed by atoms with Crippen LogP contribution in [-0.4, -0.2) is 12.6 Å². The number of rotatable bonds is 3. The van der Waals surface area contributed by atoms with Crippen LogP contribution in [0, 0.1) is 11.6 Å². The predicted molar refractivity (Wildman–Crippen MR) is 60.4 cm³/mol. The van der Waals surface area contributed by atoms with Crippen LogP contribution in [0.15, 0.2) is 18.2 Å². The molecule has 0 radical (unpaired) electrons. The van der Waals surface area contributed by atoms with Crippen molar-refractivity contribution in [2.45, 2.75) is 38.1 Å². The lowest BCUT2D eigenvalue weighted by Crippen LogP contribution is -2.23. The van der Waals surface area contributed by atoms with E-state index in [4.69, 9.17) is 0 Å². The molecule has 2 unspecified atom stereocenters. The van der Waals surface area contributed by atoms with E-state index in [0.717, 1.165) is 19.4 Å². The fraction of sp³-hybridized carbons (Fsp3) is 0.538. The summed E-state index contributed by atoms with van der Waals surface area (Å²) in [7, 11) is 0. The van der Waals surface area contributed by atoms with Gasteiger partial charge in [-0.05, 0) is 55.5 Å². The summed E-state index contributed by atoms with van der Waals surface area (Å²) in [5, 5.41) is 3.38. The van der Waals surface area contributed by atoms with Crippen LogP contribution < -0.4 is 5.32 Å². The highest BCUT2D eigenvalue weighted by molar-refractivity contribution is 5.22. The molecule has 1 nitrogen and oxygen atoms in total. The minimum atomic E-state index is -0.359. The van der Waals surface area contributed by atoms with Gasteiger partial charge >= 0.3 is 0 Å². The highest BCUT2D eigenvalue weighted by atomic mass is 19.1. The van der Waals surface area contributed by atoms with E-state index in [0.29, 0.717) is 11.6 Å². The Morgan fingerprint density at radius 2 is 2.25 bits per heavy atom. The smallest absolute Gasteiger partial charge is 0.126 e. The average molecular weight is 225 g/mol. The third kappa shape index (κ3) is 2.59. The van der Waals surface area contributed by atoms with Crippen molar-refractivity contribution in [3.63, 3.8) is 0 Å². The lowest BCUT2D eigenvalue weighted by molar-refractivity contribution is 0.489. The van der Waals surface area contributed by atoms with Crippen LogP contribution in [0.2, 0.25) is 0 Å². The second-order valence-corrected chi connectivity index (χ2v) is 4.60. The standard InChI is InChI=1S/C13H17F2N/c1-9(7-11-3-2-6-16-11)12-8-10(14)4-5-13(12)15/h4-5,8-9,11,16H,2-3,6-7H2,1H3. The molecule has 1 N–H and O–H groups in total. The summed E-state index contributed by atoms with van der Waals surface area (Å²) < 4.78 is 26.5. The van der Waals surface area contributed by atoms with E-state index in [-0.39, 0.29) is 17.6 Å². The van der Waals surface area contributed by atoms with Crippen molar-refractivity contribution in [3.8, 4) is 0 Å². The van der Waals surface area contributed by atoms with E-state index in [1.54, 1.807) is 0 Å². The summed E-state index contributed by atoms with van der Waals surface area (Å²) >= 11 is 0. The summed E-state index contributed by atoms with van der Waals surface area (Å²) in [6.07, 6.45) is 3.20. The first-order valence-electron chi connectivity index (χ1n) is 5.85. The van der Waals surface area contributed by atoms with Crippen LogP contribution in [0.25, 0.3) is 0 Å². The molecule has 0 saturated carbocycles. The highest BCUT2D eigenvalue weighted by Crippen LogP contribution is 2.26. The second-order valence-electron chi connectivity index (χ2n) is 4.60. The van der Waals surface area contributed by atoms with E-state index >= 15 is 0 Å². The molecule has 0 amide bonds. The first-order valence-corrected chi connectivity index (χ1v) is 5.85. The summed E-state index contributed by atoms with van der Waals surface area (Å²) in [5.41, 5.74) is 0.494. The van der Waals surface area contributed by atoms with Gasteiger partial charge in [0, 0.05) is 6.04 Å². The second kappa shape index (κ2) is 4.91. The van der Waals surface area contributed by atoms with Gasteiger partial charge in [-0.15, -0.1) is 0 Å². The molecule has 2 rings (SSSR count). The molecule has 1 fully saturated rings. The molecule has 2 atom stereocenters. The van der Waals surface area contributed by atoms with Crippen molar-refractivity contribution >= 4 is 0 Å². The zero-order valence-electron chi connectivity index (χ0n) is 9.47. The van der Waals surface area contributed by atoms with Crippen molar-refractivity contribution in [1.29, 1.82) is 0 Å². The van der Waals surface area contributed by atoms with Crippen molar-refractivity contribution in [2.24, 2.45) is 0 Å². The number of hydrogen-bond acceptors (Lipinski definition) is 1. The van der Waals surface area contributed by atoms with Gasteiger partial charge in [0.15, 0.2) is 0 Å². The first-order chi connectivity index (χ1) is 7.66. The lowest BCUT2D eigenvalue weighted by atomic mass is 9.93. The summed E-state index contributed by atoms with van der Waals surface area (Å²) in [4.78, 5) is 0. The van der Waals surface area contributed by atoms with Gasteiger partial charge in [-0.1, -0.05) is 6.92 Å². The van der Waals surface area contributed by atoms with Gasteiger partial charge in [0.2, 0.25) is 0 Å². The van der Waals surface area contributed by atoms with E-state index in [2.05, 4.69) is 5.32 Å².